The van der Waals surface area contributed by atoms with E-state index in [1.165, 1.54) is 10.7 Å². The minimum atomic E-state index is -3.05. The number of anilines is 1. The van der Waals surface area contributed by atoms with Gasteiger partial charge in [-0.25, -0.2) is 8.42 Å². The van der Waals surface area contributed by atoms with E-state index in [4.69, 9.17) is 0 Å². The fraction of sp³-hybridized carbons (Fsp3) is 0.615. The number of rotatable bonds is 4. The first-order valence-electron chi connectivity index (χ1n) is 7.04. The van der Waals surface area contributed by atoms with Crippen LogP contribution in [-0.4, -0.2) is 47.6 Å². The average Bonchev–Trinajstić information content (AvgIpc) is 2.93. The fourth-order valence-corrected chi connectivity index (χ4v) is 3.81. The predicted molar refractivity (Wildman–Crippen MR) is 81.2 cm³/mol. The number of aromatic nitrogens is 2. The van der Waals surface area contributed by atoms with Crippen LogP contribution in [0.3, 0.4) is 0 Å². The van der Waals surface area contributed by atoms with E-state index in [0.29, 0.717) is 12.2 Å². The Morgan fingerprint density at radius 1 is 1.41 bits per heavy atom. The highest BCUT2D eigenvalue weighted by Gasteiger charge is 2.29. The second-order valence-corrected chi connectivity index (χ2v) is 7.98. The van der Waals surface area contributed by atoms with Gasteiger partial charge in [-0.05, 0) is 6.42 Å². The van der Waals surface area contributed by atoms with Crippen LogP contribution in [0.2, 0.25) is 0 Å². The largest absolute Gasteiger partial charge is 0.347 e. The zero-order chi connectivity index (χ0) is 16.5. The number of nitrogens with zero attached hydrogens (tertiary/aromatic N) is 2. The Kier molecular flexibility index (Phi) is 4.55. The molecule has 0 aliphatic carbocycles. The molecular formula is C13H20N4O4S. The third-order valence-corrected chi connectivity index (χ3v) is 5.22. The van der Waals surface area contributed by atoms with Crippen LogP contribution in [0.15, 0.2) is 6.07 Å². The molecule has 0 aromatic carbocycles. The van der Waals surface area contributed by atoms with Crippen molar-refractivity contribution >= 4 is 27.5 Å². The summed E-state index contributed by atoms with van der Waals surface area (Å²) in [6.07, 6.45) is 0.415. The maximum absolute atomic E-state index is 12.1. The first-order valence-corrected chi connectivity index (χ1v) is 8.86. The summed E-state index contributed by atoms with van der Waals surface area (Å²) in [5, 5.41) is 9.38. The Labute approximate surface area is 129 Å². The average molecular weight is 328 g/mol. The lowest BCUT2D eigenvalue weighted by Gasteiger charge is -2.08. The number of hydrogen-bond donors (Lipinski definition) is 2. The van der Waals surface area contributed by atoms with Crippen LogP contribution in [0.5, 0.6) is 0 Å². The lowest BCUT2D eigenvalue weighted by Crippen LogP contribution is -2.35. The van der Waals surface area contributed by atoms with Gasteiger partial charge < -0.3 is 10.6 Å². The Balaban J connectivity index is 2.04. The molecular weight excluding hydrogens is 308 g/mol. The van der Waals surface area contributed by atoms with Gasteiger partial charge in [0.1, 0.15) is 5.82 Å². The highest BCUT2D eigenvalue weighted by molar-refractivity contribution is 7.91. The number of amides is 2. The molecule has 1 fully saturated rings. The van der Waals surface area contributed by atoms with E-state index in [1.807, 2.05) is 0 Å². The zero-order valence-electron chi connectivity index (χ0n) is 12.8. The van der Waals surface area contributed by atoms with Gasteiger partial charge >= 0.3 is 0 Å². The van der Waals surface area contributed by atoms with Gasteiger partial charge in [0.15, 0.2) is 15.5 Å². The van der Waals surface area contributed by atoms with Crippen molar-refractivity contribution in [3.63, 3.8) is 0 Å². The molecule has 0 radical (unpaired) electrons. The monoisotopic (exact) mass is 328 g/mol. The van der Waals surface area contributed by atoms with Crippen molar-refractivity contribution in [3.8, 4) is 0 Å². The molecule has 0 spiro atoms. The lowest BCUT2D eigenvalue weighted by atomic mass is 10.2. The summed E-state index contributed by atoms with van der Waals surface area (Å²) in [4.78, 5) is 23.8. The van der Waals surface area contributed by atoms with Crippen molar-refractivity contribution in [2.75, 3.05) is 16.8 Å². The highest BCUT2D eigenvalue weighted by atomic mass is 32.2. The van der Waals surface area contributed by atoms with Crippen molar-refractivity contribution in [2.45, 2.75) is 26.3 Å². The van der Waals surface area contributed by atoms with Crippen LogP contribution in [0.4, 0.5) is 5.82 Å². The molecule has 2 N–H and O–H groups in total. The van der Waals surface area contributed by atoms with Gasteiger partial charge in [-0.1, -0.05) is 13.8 Å². The molecule has 1 aromatic heterocycles. The summed E-state index contributed by atoms with van der Waals surface area (Å²) in [5.41, 5.74) is 0.144. The standard InChI is InChI=1S/C13H20N4O4S/c1-8(2)12(18)15-11-6-10(16-17(11)3)13(19)14-9-4-5-22(20,21)7-9/h6,8-9H,4-5,7H2,1-3H3,(H,14,19)(H,15,18). The number of sulfone groups is 1. The maximum Gasteiger partial charge on any atom is 0.272 e. The van der Waals surface area contributed by atoms with Gasteiger partial charge in [0.25, 0.3) is 5.91 Å². The van der Waals surface area contributed by atoms with Gasteiger partial charge in [0, 0.05) is 25.1 Å². The highest BCUT2D eigenvalue weighted by Crippen LogP contribution is 2.14. The quantitative estimate of drug-likeness (QED) is 0.804. The van der Waals surface area contributed by atoms with E-state index in [1.54, 1.807) is 20.9 Å². The van der Waals surface area contributed by atoms with Gasteiger partial charge in [0.05, 0.1) is 11.5 Å². The Bertz CT molecular complexity index is 693. The minimum Gasteiger partial charge on any atom is -0.347 e. The fourth-order valence-electron chi connectivity index (χ4n) is 2.13. The van der Waals surface area contributed by atoms with E-state index in [9.17, 15) is 18.0 Å². The summed E-state index contributed by atoms with van der Waals surface area (Å²) in [6.45, 7) is 3.53. The third-order valence-electron chi connectivity index (χ3n) is 3.46. The topological polar surface area (TPSA) is 110 Å². The van der Waals surface area contributed by atoms with Crippen molar-refractivity contribution in [3.05, 3.63) is 11.8 Å². The summed E-state index contributed by atoms with van der Waals surface area (Å²) >= 11 is 0. The number of carbonyl (C=O) groups is 2. The number of carbonyl (C=O) groups excluding carboxylic acids is 2. The molecule has 9 heteroatoms. The van der Waals surface area contributed by atoms with Crippen LogP contribution in [0, 0.1) is 5.92 Å². The van der Waals surface area contributed by atoms with Gasteiger partial charge in [-0.15, -0.1) is 0 Å². The molecule has 0 bridgehead atoms. The SMILES string of the molecule is CC(C)C(=O)Nc1cc(C(=O)NC2CCS(=O)(=O)C2)nn1C. The molecule has 1 aromatic rings. The first-order chi connectivity index (χ1) is 10.2. The summed E-state index contributed by atoms with van der Waals surface area (Å²) in [6, 6.07) is 1.09. The van der Waals surface area contributed by atoms with Crippen LogP contribution in [0.25, 0.3) is 0 Å². The van der Waals surface area contributed by atoms with E-state index >= 15 is 0 Å². The second kappa shape index (κ2) is 6.07. The summed E-state index contributed by atoms with van der Waals surface area (Å²) in [5.74, 6) is -0.323. The molecule has 2 amide bonds. The van der Waals surface area contributed by atoms with Crippen LogP contribution >= 0.6 is 0 Å². The molecule has 122 valence electrons. The lowest BCUT2D eigenvalue weighted by molar-refractivity contribution is -0.118. The van der Waals surface area contributed by atoms with Crippen LogP contribution in [0.1, 0.15) is 30.8 Å². The number of aryl methyl sites for hydroxylation is 1. The van der Waals surface area contributed by atoms with Gasteiger partial charge in [0.2, 0.25) is 5.91 Å². The molecule has 1 saturated heterocycles. The predicted octanol–water partition coefficient (Wildman–Crippen LogP) is -0.0685. The van der Waals surface area contributed by atoms with E-state index < -0.39 is 15.7 Å². The second-order valence-electron chi connectivity index (χ2n) is 5.76. The molecule has 8 nitrogen and oxygen atoms in total. The molecule has 1 aliphatic rings. The number of nitrogens with one attached hydrogen (secondary N) is 2. The van der Waals surface area contributed by atoms with Gasteiger partial charge in [-0.2, -0.15) is 5.10 Å². The van der Waals surface area contributed by atoms with E-state index in [0.717, 1.165) is 0 Å². The molecule has 1 atom stereocenters. The zero-order valence-corrected chi connectivity index (χ0v) is 13.6. The van der Waals surface area contributed by atoms with Gasteiger partial charge in [-0.3, -0.25) is 14.3 Å². The van der Waals surface area contributed by atoms with Crippen molar-refractivity contribution < 1.29 is 18.0 Å². The first kappa shape index (κ1) is 16.5. The molecule has 2 rings (SSSR count). The minimum absolute atomic E-state index is 0.0392. The molecule has 1 aliphatic heterocycles. The summed E-state index contributed by atoms with van der Waals surface area (Å²) < 4.78 is 24.2. The maximum atomic E-state index is 12.1. The molecule has 2 heterocycles. The van der Waals surface area contributed by atoms with Crippen LogP contribution in [-0.2, 0) is 21.7 Å². The summed E-state index contributed by atoms with van der Waals surface area (Å²) in [7, 11) is -1.43. The Hall–Kier alpha value is -1.90. The Morgan fingerprint density at radius 3 is 2.64 bits per heavy atom. The number of hydrogen-bond acceptors (Lipinski definition) is 5. The molecule has 1 unspecified atom stereocenters. The van der Waals surface area contributed by atoms with Crippen molar-refractivity contribution in [1.29, 1.82) is 0 Å². The molecule has 22 heavy (non-hydrogen) atoms. The van der Waals surface area contributed by atoms with E-state index in [-0.39, 0.29) is 35.1 Å². The smallest absolute Gasteiger partial charge is 0.272 e. The third kappa shape index (κ3) is 3.85. The van der Waals surface area contributed by atoms with Crippen LogP contribution < -0.4 is 10.6 Å². The van der Waals surface area contributed by atoms with Crippen molar-refractivity contribution in [2.24, 2.45) is 13.0 Å². The van der Waals surface area contributed by atoms with E-state index in [2.05, 4.69) is 15.7 Å². The molecule has 0 saturated carbocycles. The Morgan fingerprint density at radius 2 is 2.09 bits per heavy atom. The van der Waals surface area contributed by atoms with Crippen molar-refractivity contribution in [1.82, 2.24) is 15.1 Å². The normalized spacial score (nSPS) is 20.1.